The van der Waals surface area contributed by atoms with E-state index in [-0.39, 0.29) is 23.9 Å². The molecule has 2 aliphatic rings. The molecule has 0 aliphatic heterocycles. The Morgan fingerprint density at radius 1 is 1.17 bits per heavy atom. The second kappa shape index (κ2) is 9.16. The molecule has 0 unspecified atom stereocenters. The molecule has 1 N–H and O–H groups in total. The molecule has 5 atom stereocenters. The first-order valence-corrected chi connectivity index (χ1v) is 10.3. The van der Waals surface area contributed by atoms with Crippen molar-refractivity contribution < 1.29 is 19.0 Å². The first kappa shape index (κ1) is 20.2. The molecule has 1 heterocycles. The normalized spacial score (nSPS) is 29.3. The van der Waals surface area contributed by atoms with Crippen molar-refractivity contribution in [3.05, 3.63) is 60.2 Å². The fourth-order valence-corrected chi connectivity index (χ4v) is 4.91. The molecular weight excluding hydrogens is 369 g/mol. The summed E-state index contributed by atoms with van der Waals surface area (Å²) in [6, 6.07) is 10.4. The zero-order valence-corrected chi connectivity index (χ0v) is 16.7. The highest BCUT2D eigenvalue weighted by Crippen LogP contribution is 2.47. The molecule has 4 nitrogen and oxygen atoms in total. The number of fused-ring (bicyclic) bond motifs is 1. The Morgan fingerprint density at radius 2 is 2.07 bits per heavy atom. The predicted molar refractivity (Wildman–Crippen MR) is 110 cm³/mol. The Balaban J connectivity index is 1.40. The maximum absolute atomic E-state index is 13.4. The zero-order valence-electron chi connectivity index (χ0n) is 16.7. The number of rotatable bonds is 6. The van der Waals surface area contributed by atoms with Gasteiger partial charge in [0.25, 0.3) is 0 Å². The highest BCUT2D eigenvalue weighted by atomic mass is 19.1. The van der Waals surface area contributed by atoms with Crippen LogP contribution in [0.5, 0.6) is 0 Å². The van der Waals surface area contributed by atoms with Crippen LogP contribution in [0.2, 0.25) is 0 Å². The minimum Gasteiger partial charge on any atom is -0.392 e. The fourth-order valence-electron chi connectivity index (χ4n) is 4.91. The van der Waals surface area contributed by atoms with E-state index in [1.54, 1.807) is 19.4 Å². The Hall–Kier alpha value is -2.08. The lowest BCUT2D eigenvalue weighted by atomic mass is 9.76. The topological polar surface area (TPSA) is 51.6 Å². The molecule has 0 amide bonds. The number of pyridine rings is 1. The molecule has 4 rings (SSSR count). The summed E-state index contributed by atoms with van der Waals surface area (Å²) in [5.41, 5.74) is 2.55. The molecule has 1 aromatic heterocycles. The number of nitrogens with zero attached hydrogens (tertiary/aromatic N) is 1. The molecule has 2 fully saturated rings. The molecular formula is C24H28FNO3. The van der Waals surface area contributed by atoms with Crippen LogP contribution in [0.15, 0.2) is 48.7 Å². The number of hydrogen-bond acceptors (Lipinski definition) is 4. The lowest BCUT2D eigenvalue weighted by molar-refractivity contribution is -0.0930. The fraction of sp³-hybridized carbons (Fsp3) is 0.458. The highest BCUT2D eigenvalue weighted by Gasteiger charge is 2.44. The third kappa shape index (κ3) is 4.74. The van der Waals surface area contributed by atoms with Crippen molar-refractivity contribution in [3.8, 4) is 11.1 Å². The number of halogens is 1. The third-order valence-corrected chi connectivity index (χ3v) is 6.33. The summed E-state index contributed by atoms with van der Waals surface area (Å²) in [5.74, 6) is 0.903. The molecule has 2 saturated carbocycles. The van der Waals surface area contributed by atoms with Gasteiger partial charge in [0, 0.05) is 24.8 Å². The molecule has 29 heavy (non-hydrogen) atoms. The average Bonchev–Trinajstić information content (AvgIpc) is 3.05. The van der Waals surface area contributed by atoms with Gasteiger partial charge in [-0.05, 0) is 67.4 Å². The van der Waals surface area contributed by atoms with E-state index in [0.29, 0.717) is 18.6 Å². The van der Waals surface area contributed by atoms with E-state index in [1.165, 1.54) is 12.1 Å². The monoisotopic (exact) mass is 397 g/mol. The van der Waals surface area contributed by atoms with E-state index in [9.17, 15) is 9.50 Å². The van der Waals surface area contributed by atoms with Crippen molar-refractivity contribution >= 4 is 6.08 Å². The van der Waals surface area contributed by atoms with Gasteiger partial charge in [-0.2, -0.15) is 0 Å². The van der Waals surface area contributed by atoms with Crippen LogP contribution in [0.3, 0.4) is 0 Å². The van der Waals surface area contributed by atoms with Crippen LogP contribution in [0.4, 0.5) is 4.39 Å². The van der Waals surface area contributed by atoms with Crippen LogP contribution in [0, 0.1) is 23.6 Å². The van der Waals surface area contributed by atoms with Crippen LogP contribution in [-0.4, -0.2) is 36.2 Å². The smallest absolute Gasteiger partial charge is 0.146 e. The minimum absolute atomic E-state index is 0.160. The molecule has 5 heteroatoms. The van der Waals surface area contributed by atoms with Gasteiger partial charge in [0.15, 0.2) is 0 Å². The van der Waals surface area contributed by atoms with Crippen molar-refractivity contribution in [1.82, 2.24) is 4.98 Å². The number of aromatic nitrogens is 1. The van der Waals surface area contributed by atoms with Gasteiger partial charge in [0.2, 0.25) is 0 Å². The summed E-state index contributed by atoms with van der Waals surface area (Å²) in [5, 5.41) is 10.6. The van der Waals surface area contributed by atoms with E-state index in [2.05, 4.69) is 11.1 Å². The Morgan fingerprint density at radius 3 is 2.83 bits per heavy atom. The SMILES string of the molecule is COCO[C@@H]1CC[C@@H]2[C@@H](C1)C[C@H](O)[C@H]2C=Cc1ccc(-c2cccc(F)c2)cn1. The Bertz CT molecular complexity index is 838. The number of methoxy groups -OCH3 is 1. The molecule has 0 saturated heterocycles. The van der Waals surface area contributed by atoms with E-state index >= 15 is 0 Å². The second-order valence-electron chi connectivity index (χ2n) is 8.15. The first-order valence-electron chi connectivity index (χ1n) is 10.3. The van der Waals surface area contributed by atoms with Gasteiger partial charge in [-0.25, -0.2) is 4.39 Å². The molecule has 154 valence electrons. The average molecular weight is 397 g/mol. The number of benzene rings is 1. The number of aliphatic hydroxyl groups is 1. The van der Waals surface area contributed by atoms with Crippen LogP contribution < -0.4 is 0 Å². The first-order chi connectivity index (χ1) is 14.1. The largest absolute Gasteiger partial charge is 0.392 e. The summed E-state index contributed by atoms with van der Waals surface area (Å²) in [7, 11) is 1.64. The minimum atomic E-state index is -0.311. The van der Waals surface area contributed by atoms with Crippen molar-refractivity contribution in [2.75, 3.05) is 13.9 Å². The lowest BCUT2D eigenvalue weighted by Crippen LogP contribution is -2.29. The summed E-state index contributed by atoms with van der Waals surface area (Å²) in [6.45, 7) is 0.339. The summed E-state index contributed by atoms with van der Waals surface area (Å²) in [4.78, 5) is 4.50. The molecule has 1 aromatic carbocycles. The molecule has 0 bridgehead atoms. The Labute approximate surface area is 171 Å². The van der Waals surface area contributed by atoms with Crippen molar-refractivity contribution in [2.24, 2.45) is 17.8 Å². The molecule has 2 aliphatic carbocycles. The quantitative estimate of drug-likeness (QED) is 0.719. The standard InChI is InChI=1S/C24H28FNO3/c1-28-15-29-21-8-10-22-18(12-21)13-24(27)23(22)9-7-20-6-5-17(14-26-20)16-3-2-4-19(25)11-16/h2-7,9,11,14,18,21-24,27H,8,10,12-13,15H2,1H3/t18-,21+,22+,23-,24-/m0/s1. The van der Waals surface area contributed by atoms with Crippen molar-refractivity contribution in [3.63, 3.8) is 0 Å². The van der Waals surface area contributed by atoms with E-state index in [1.807, 2.05) is 24.3 Å². The van der Waals surface area contributed by atoms with Crippen molar-refractivity contribution in [2.45, 2.75) is 37.9 Å². The van der Waals surface area contributed by atoms with Gasteiger partial charge in [-0.1, -0.05) is 24.3 Å². The maximum atomic E-state index is 13.4. The van der Waals surface area contributed by atoms with E-state index in [0.717, 1.165) is 42.5 Å². The molecule has 0 radical (unpaired) electrons. The summed E-state index contributed by atoms with van der Waals surface area (Å²) in [6.07, 6.45) is 9.72. The molecule has 2 aromatic rings. The predicted octanol–water partition coefficient (Wildman–Crippen LogP) is 4.69. The van der Waals surface area contributed by atoms with Crippen LogP contribution in [0.1, 0.15) is 31.4 Å². The number of ether oxygens (including phenoxy) is 2. The van der Waals surface area contributed by atoms with Gasteiger partial charge >= 0.3 is 0 Å². The number of aliphatic hydroxyl groups excluding tert-OH is 1. The zero-order chi connectivity index (χ0) is 20.2. The van der Waals surface area contributed by atoms with Gasteiger partial charge in [-0.15, -0.1) is 0 Å². The summed E-state index contributed by atoms with van der Waals surface area (Å²) < 4.78 is 24.2. The van der Waals surface area contributed by atoms with Gasteiger partial charge in [0.05, 0.1) is 17.9 Å². The summed E-state index contributed by atoms with van der Waals surface area (Å²) >= 11 is 0. The van der Waals surface area contributed by atoms with Crippen LogP contribution in [0.25, 0.3) is 17.2 Å². The number of hydrogen-bond donors (Lipinski definition) is 1. The van der Waals surface area contributed by atoms with E-state index in [4.69, 9.17) is 9.47 Å². The molecule has 0 spiro atoms. The van der Waals surface area contributed by atoms with Crippen molar-refractivity contribution in [1.29, 1.82) is 0 Å². The van der Waals surface area contributed by atoms with Gasteiger partial charge in [0.1, 0.15) is 12.6 Å². The van der Waals surface area contributed by atoms with Crippen LogP contribution in [-0.2, 0) is 9.47 Å². The van der Waals surface area contributed by atoms with Gasteiger partial charge < -0.3 is 14.6 Å². The van der Waals surface area contributed by atoms with E-state index < -0.39 is 0 Å². The third-order valence-electron chi connectivity index (χ3n) is 6.33. The van der Waals surface area contributed by atoms with Crippen LogP contribution >= 0.6 is 0 Å². The maximum Gasteiger partial charge on any atom is 0.146 e. The second-order valence-corrected chi connectivity index (χ2v) is 8.15. The highest BCUT2D eigenvalue weighted by molar-refractivity contribution is 5.63. The Kier molecular flexibility index (Phi) is 6.38. The lowest BCUT2D eigenvalue weighted by Gasteiger charge is -2.33. The van der Waals surface area contributed by atoms with Gasteiger partial charge in [-0.3, -0.25) is 4.98 Å².